The van der Waals surface area contributed by atoms with Crippen molar-refractivity contribution in [1.29, 1.82) is 0 Å². The smallest absolute Gasteiger partial charge is 0.169 e. The fourth-order valence-electron chi connectivity index (χ4n) is 3.68. The van der Waals surface area contributed by atoms with Crippen LogP contribution >= 0.6 is 0 Å². The molecule has 2 heterocycles. The van der Waals surface area contributed by atoms with Gasteiger partial charge >= 0.3 is 0 Å². The Morgan fingerprint density at radius 1 is 1.38 bits per heavy atom. The summed E-state index contributed by atoms with van der Waals surface area (Å²) in [5.41, 5.74) is 1.90. The molecule has 2 aromatic rings. The fourth-order valence-corrected chi connectivity index (χ4v) is 4.74. The zero-order chi connectivity index (χ0) is 21.0. The van der Waals surface area contributed by atoms with Gasteiger partial charge in [-0.25, -0.2) is 13.6 Å². The molecule has 0 bridgehead atoms. The van der Waals surface area contributed by atoms with Crippen molar-refractivity contribution in [3.05, 3.63) is 36.7 Å². The second-order valence-corrected chi connectivity index (χ2v) is 9.84. The molecule has 3 rings (SSSR count). The van der Waals surface area contributed by atoms with E-state index in [-0.39, 0.29) is 5.41 Å². The van der Waals surface area contributed by atoms with E-state index in [9.17, 15) is 4.21 Å². The van der Waals surface area contributed by atoms with Crippen molar-refractivity contribution in [3.63, 3.8) is 0 Å². The van der Waals surface area contributed by atoms with Crippen LogP contribution in [0.1, 0.15) is 46.4 Å². The van der Waals surface area contributed by atoms with Crippen molar-refractivity contribution in [3.8, 4) is 0 Å². The van der Waals surface area contributed by atoms with Gasteiger partial charge in [0.2, 0.25) is 0 Å². The molecule has 29 heavy (non-hydrogen) atoms. The van der Waals surface area contributed by atoms with Crippen molar-refractivity contribution >= 4 is 28.2 Å². The van der Waals surface area contributed by atoms with Crippen LogP contribution in [0.4, 0.5) is 0 Å². The Hall–Kier alpha value is -1.99. The quantitative estimate of drug-likeness (QED) is 0.385. The zero-order valence-corrected chi connectivity index (χ0v) is 18.7. The van der Waals surface area contributed by atoms with Crippen molar-refractivity contribution in [2.24, 2.45) is 11.0 Å². The number of hydrazone groups is 1. The van der Waals surface area contributed by atoms with Gasteiger partial charge in [-0.3, -0.25) is 0 Å². The second kappa shape index (κ2) is 9.22. The summed E-state index contributed by atoms with van der Waals surface area (Å²) in [6.07, 6.45) is 5.50. The van der Waals surface area contributed by atoms with Gasteiger partial charge in [0.1, 0.15) is 5.82 Å². The average molecular weight is 417 g/mol. The minimum absolute atomic E-state index is 0.0785. The lowest BCUT2D eigenvalue weighted by atomic mass is 9.94. The molecule has 7 heteroatoms. The summed E-state index contributed by atoms with van der Waals surface area (Å²) in [6.45, 7) is 15.1. The van der Waals surface area contributed by atoms with E-state index in [0.29, 0.717) is 17.4 Å². The molecular formula is C22H32N4O2S. The third-order valence-electron chi connectivity index (χ3n) is 5.09. The van der Waals surface area contributed by atoms with E-state index in [0.717, 1.165) is 49.5 Å². The molecule has 1 unspecified atom stereocenters. The van der Waals surface area contributed by atoms with Crippen LogP contribution in [0.15, 0.2) is 40.9 Å². The molecule has 158 valence electrons. The van der Waals surface area contributed by atoms with Crippen LogP contribution in [0.25, 0.3) is 11.0 Å². The maximum atomic E-state index is 13.0. The summed E-state index contributed by atoms with van der Waals surface area (Å²) in [5, 5.41) is 4.21. The lowest BCUT2D eigenvalue weighted by Gasteiger charge is -2.26. The first-order chi connectivity index (χ1) is 13.8. The maximum Gasteiger partial charge on any atom is 0.169 e. The number of hydrogen-bond donors (Lipinski definition) is 0. The highest BCUT2D eigenvalue weighted by molar-refractivity contribution is 7.82. The number of fused-ring (bicyclic) bond motifs is 1. The standard InChI is InChI=1S/C22H32N4O2S/c1-6-12-26(23-7-2)29(27)18-8-9-20-19(15-18)24-21(22(3,4)5)25(20)16-17-10-13-28-14-11-17/h6-9,15,17H,1,10-14,16H2,2-5H3/b23-7-. The van der Waals surface area contributed by atoms with E-state index in [2.05, 4.69) is 37.0 Å². The Kier molecular flexibility index (Phi) is 6.90. The fraction of sp³-hybridized carbons (Fsp3) is 0.545. The molecule has 0 radical (unpaired) electrons. The van der Waals surface area contributed by atoms with Crippen molar-refractivity contribution in [1.82, 2.24) is 14.0 Å². The second-order valence-electron chi connectivity index (χ2n) is 8.45. The molecule has 0 amide bonds. The van der Waals surface area contributed by atoms with Crippen molar-refractivity contribution < 1.29 is 8.95 Å². The largest absolute Gasteiger partial charge is 0.381 e. The van der Waals surface area contributed by atoms with Crippen LogP contribution in [0, 0.1) is 5.92 Å². The number of rotatable bonds is 7. The third kappa shape index (κ3) is 4.95. The molecular weight excluding hydrogens is 384 g/mol. The Morgan fingerprint density at radius 3 is 2.72 bits per heavy atom. The number of benzene rings is 1. The van der Waals surface area contributed by atoms with E-state index < -0.39 is 11.0 Å². The first kappa shape index (κ1) is 21.7. The molecule has 0 spiro atoms. The highest BCUT2D eigenvalue weighted by Crippen LogP contribution is 2.30. The maximum absolute atomic E-state index is 13.0. The van der Waals surface area contributed by atoms with Crippen molar-refractivity contribution in [2.75, 3.05) is 19.8 Å². The Balaban J connectivity index is 2.00. The Labute approximate surface area is 176 Å². The summed E-state index contributed by atoms with van der Waals surface area (Å²) >= 11 is 0. The minimum Gasteiger partial charge on any atom is -0.381 e. The number of ether oxygens (including phenoxy) is 1. The first-order valence-electron chi connectivity index (χ1n) is 10.2. The molecule has 0 aliphatic carbocycles. The van der Waals surface area contributed by atoms with Gasteiger partial charge in [-0.15, -0.1) is 6.58 Å². The van der Waals surface area contributed by atoms with Gasteiger partial charge in [0.25, 0.3) is 0 Å². The van der Waals surface area contributed by atoms with Gasteiger partial charge in [-0.2, -0.15) is 5.10 Å². The molecule has 1 saturated heterocycles. The average Bonchev–Trinajstić information content (AvgIpc) is 3.06. The van der Waals surface area contributed by atoms with E-state index >= 15 is 0 Å². The Bertz CT molecular complexity index is 907. The molecule has 1 aliphatic heterocycles. The normalized spacial score (nSPS) is 17.1. The number of nitrogens with zero attached hydrogens (tertiary/aromatic N) is 4. The van der Waals surface area contributed by atoms with Gasteiger partial charge in [-0.1, -0.05) is 26.8 Å². The van der Waals surface area contributed by atoms with Gasteiger partial charge in [0.15, 0.2) is 11.0 Å². The van der Waals surface area contributed by atoms with Crippen LogP contribution in [-0.4, -0.2) is 44.1 Å². The highest BCUT2D eigenvalue weighted by Gasteiger charge is 2.26. The van der Waals surface area contributed by atoms with E-state index in [1.807, 2.05) is 25.1 Å². The first-order valence-corrected chi connectivity index (χ1v) is 11.3. The van der Waals surface area contributed by atoms with Crippen LogP contribution in [0.2, 0.25) is 0 Å². The van der Waals surface area contributed by atoms with E-state index in [1.54, 1.807) is 12.3 Å². The molecule has 0 N–H and O–H groups in total. The molecule has 0 saturated carbocycles. The van der Waals surface area contributed by atoms with Gasteiger partial charge < -0.3 is 9.30 Å². The highest BCUT2D eigenvalue weighted by atomic mass is 32.2. The molecule has 6 nitrogen and oxygen atoms in total. The summed E-state index contributed by atoms with van der Waals surface area (Å²) in [6, 6.07) is 5.91. The lowest BCUT2D eigenvalue weighted by molar-refractivity contribution is 0.0611. The van der Waals surface area contributed by atoms with E-state index in [4.69, 9.17) is 9.72 Å². The van der Waals surface area contributed by atoms with Crippen molar-refractivity contribution in [2.45, 2.75) is 57.4 Å². The van der Waals surface area contributed by atoms with Crippen LogP contribution in [0.3, 0.4) is 0 Å². The molecule has 1 aliphatic rings. The summed E-state index contributed by atoms with van der Waals surface area (Å²) < 4.78 is 22.4. The molecule has 1 aromatic heterocycles. The van der Waals surface area contributed by atoms with Crippen LogP contribution < -0.4 is 0 Å². The Morgan fingerprint density at radius 2 is 2.10 bits per heavy atom. The van der Waals surface area contributed by atoms with E-state index in [1.165, 1.54) is 4.41 Å². The summed E-state index contributed by atoms with van der Waals surface area (Å²) in [4.78, 5) is 5.66. The minimum atomic E-state index is -1.40. The summed E-state index contributed by atoms with van der Waals surface area (Å²) in [7, 11) is -1.40. The monoisotopic (exact) mass is 416 g/mol. The number of aromatic nitrogens is 2. The van der Waals surface area contributed by atoms with Gasteiger partial charge in [0.05, 0.1) is 22.5 Å². The van der Waals surface area contributed by atoms with Gasteiger partial charge in [0, 0.05) is 31.4 Å². The topological polar surface area (TPSA) is 59.7 Å². The SMILES string of the molecule is C=CCN(/N=C\C)S(=O)c1ccc2c(c1)nc(C(C)(C)C)n2CC1CCOCC1. The van der Waals surface area contributed by atoms with Gasteiger partial charge in [-0.05, 0) is 43.9 Å². The molecule has 1 atom stereocenters. The lowest BCUT2D eigenvalue weighted by Crippen LogP contribution is -2.25. The predicted octanol–water partition coefficient (Wildman–Crippen LogP) is 4.28. The van der Waals surface area contributed by atoms with Crippen LogP contribution in [-0.2, 0) is 27.7 Å². The number of imidazole rings is 1. The summed E-state index contributed by atoms with van der Waals surface area (Å²) in [5.74, 6) is 1.66. The predicted molar refractivity (Wildman–Crippen MR) is 119 cm³/mol. The number of hydrogen-bond acceptors (Lipinski definition) is 4. The molecule has 1 aromatic carbocycles. The third-order valence-corrected chi connectivity index (χ3v) is 6.38. The molecule has 1 fully saturated rings. The van der Waals surface area contributed by atoms with Crippen LogP contribution in [0.5, 0.6) is 0 Å². The zero-order valence-electron chi connectivity index (χ0n) is 17.9.